The Kier molecular flexibility index (Phi) is 6.65. The van der Waals surface area contributed by atoms with E-state index in [1.165, 1.54) is 17.9 Å². The lowest BCUT2D eigenvalue weighted by molar-refractivity contribution is -0.119. The van der Waals surface area contributed by atoms with Crippen LogP contribution in [0.5, 0.6) is 0 Å². The van der Waals surface area contributed by atoms with E-state index in [2.05, 4.69) is 10.4 Å². The summed E-state index contributed by atoms with van der Waals surface area (Å²) in [6.45, 7) is 4.75. The monoisotopic (exact) mass is 440 g/mol. The van der Waals surface area contributed by atoms with E-state index in [0.29, 0.717) is 24.5 Å². The third-order valence-electron chi connectivity index (χ3n) is 5.30. The number of amides is 2. The van der Waals surface area contributed by atoms with Crippen LogP contribution in [-0.2, 0) is 14.3 Å². The SMILES string of the molecule is CC(=O)NCC1CN(c2ccc(-c3ccc(/C=N/N4CCOCC4)cc3)c(F)c2)C(=O)O1. The highest BCUT2D eigenvalue weighted by atomic mass is 19.1. The lowest BCUT2D eigenvalue weighted by Crippen LogP contribution is -2.33. The molecule has 1 unspecified atom stereocenters. The zero-order valence-corrected chi connectivity index (χ0v) is 17.8. The first kappa shape index (κ1) is 21.8. The number of carbonyl (C=O) groups is 2. The van der Waals surface area contributed by atoms with Gasteiger partial charge in [0.2, 0.25) is 5.91 Å². The maximum Gasteiger partial charge on any atom is 0.414 e. The van der Waals surface area contributed by atoms with Crippen molar-refractivity contribution in [3.05, 3.63) is 53.8 Å². The summed E-state index contributed by atoms with van der Waals surface area (Å²) >= 11 is 0. The zero-order chi connectivity index (χ0) is 22.5. The van der Waals surface area contributed by atoms with Gasteiger partial charge in [-0.3, -0.25) is 14.7 Å². The van der Waals surface area contributed by atoms with Gasteiger partial charge in [0, 0.05) is 12.5 Å². The number of hydrogen-bond donors (Lipinski definition) is 1. The van der Waals surface area contributed by atoms with E-state index in [0.717, 1.165) is 24.2 Å². The number of carbonyl (C=O) groups excluding carboxylic acids is 2. The van der Waals surface area contributed by atoms with Gasteiger partial charge in [0.1, 0.15) is 11.9 Å². The van der Waals surface area contributed by atoms with Gasteiger partial charge in [-0.25, -0.2) is 9.18 Å². The van der Waals surface area contributed by atoms with Crippen molar-refractivity contribution in [1.82, 2.24) is 10.3 Å². The molecule has 32 heavy (non-hydrogen) atoms. The molecule has 2 aromatic rings. The number of benzene rings is 2. The Hall–Kier alpha value is -3.46. The average molecular weight is 440 g/mol. The number of hydrogen-bond acceptors (Lipinski definition) is 6. The second kappa shape index (κ2) is 9.78. The molecule has 2 aliphatic rings. The van der Waals surface area contributed by atoms with Crippen molar-refractivity contribution >= 4 is 23.9 Å². The van der Waals surface area contributed by atoms with Gasteiger partial charge in [-0.2, -0.15) is 5.10 Å². The van der Waals surface area contributed by atoms with Crippen molar-refractivity contribution in [2.45, 2.75) is 13.0 Å². The minimum absolute atomic E-state index is 0.201. The molecule has 0 spiro atoms. The summed E-state index contributed by atoms with van der Waals surface area (Å²) in [5.74, 6) is -0.636. The molecule has 0 aromatic heterocycles. The largest absolute Gasteiger partial charge is 0.442 e. The third kappa shape index (κ3) is 5.23. The van der Waals surface area contributed by atoms with E-state index in [9.17, 15) is 14.0 Å². The molecule has 8 nitrogen and oxygen atoms in total. The van der Waals surface area contributed by atoms with Gasteiger partial charge in [-0.1, -0.05) is 24.3 Å². The van der Waals surface area contributed by atoms with Crippen LogP contribution < -0.4 is 10.2 Å². The van der Waals surface area contributed by atoms with Crippen molar-refractivity contribution in [2.24, 2.45) is 5.10 Å². The number of ether oxygens (including phenoxy) is 2. The van der Waals surface area contributed by atoms with Crippen molar-refractivity contribution in [3.8, 4) is 11.1 Å². The number of halogens is 1. The highest BCUT2D eigenvalue weighted by molar-refractivity contribution is 5.90. The van der Waals surface area contributed by atoms with Crippen LogP contribution in [0.3, 0.4) is 0 Å². The number of rotatable bonds is 6. The maximum absolute atomic E-state index is 14.9. The summed E-state index contributed by atoms with van der Waals surface area (Å²) < 4.78 is 25.4. The number of morpholine rings is 1. The normalized spacial score (nSPS) is 18.8. The Bertz CT molecular complexity index is 1010. The predicted molar refractivity (Wildman–Crippen MR) is 118 cm³/mol. The maximum atomic E-state index is 14.9. The molecule has 0 radical (unpaired) electrons. The van der Waals surface area contributed by atoms with E-state index in [1.54, 1.807) is 18.3 Å². The van der Waals surface area contributed by atoms with Gasteiger partial charge in [-0.15, -0.1) is 0 Å². The second-order valence-electron chi connectivity index (χ2n) is 7.65. The van der Waals surface area contributed by atoms with Gasteiger partial charge in [-0.05, 0) is 29.3 Å². The fourth-order valence-corrected chi connectivity index (χ4v) is 3.57. The molecule has 2 saturated heterocycles. The van der Waals surface area contributed by atoms with Crippen LogP contribution in [0.4, 0.5) is 14.9 Å². The molecule has 2 aliphatic heterocycles. The number of nitrogens with one attached hydrogen (secondary N) is 1. The summed E-state index contributed by atoms with van der Waals surface area (Å²) in [6.07, 6.45) is 0.752. The van der Waals surface area contributed by atoms with E-state index in [-0.39, 0.29) is 19.0 Å². The highest BCUT2D eigenvalue weighted by Gasteiger charge is 2.32. The van der Waals surface area contributed by atoms with Gasteiger partial charge in [0.15, 0.2) is 0 Å². The van der Waals surface area contributed by atoms with E-state index >= 15 is 0 Å². The molecule has 2 fully saturated rings. The zero-order valence-electron chi connectivity index (χ0n) is 17.8. The second-order valence-corrected chi connectivity index (χ2v) is 7.65. The van der Waals surface area contributed by atoms with Crippen molar-refractivity contribution < 1.29 is 23.5 Å². The first-order chi connectivity index (χ1) is 15.5. The fraction of sp³-hybridized carbons (Fsp3) is 0.348. The molecule has 168 valence electrons. The molecule has 1 atom stereocenters. The van der Waals surface area contributed by atoms with E-state index in [4.69, 9.17) is 9.47 Å². The lowest BCUT2D eigenvalue weighted by Gasteiger charge is -2.23. The Balaban J connectivity index is 1.42. The van der Waals surface area contributed by atoms with Crippen LogP contribution in [0.15, 0.2) is 47.6 Å². The third-order valence-corrected chi connectivity index (χ3v) is 5.30. The fourth-order valence-electron chi connectivity index (χ4n) is 3.57. The van der Waals surface area contributed by atoms with Crippen LogP contribution in [-0.4, -0.2) is 68.7 Å². The molecule has 0 saturated carbocycles. The van der Waals surface area contributed by atoms with Gasteiger partial charge < -0.3 is 14.8 Å². The van der Waals surface area contributed by atoms with Crippen molar-refractivity contribution in [3.63, 3.8) is 0 Å². The van der Waals surface area contributed by atoms with E-state index in [1.807, 2.05) is 29.3 Å². The molecule has 0 bridgehead atoms. The van der Waals surface area contributed by atoms with Gasteiger partial charge in [0.25, 0.3) is 0 Å². The van der Waals surface area contributed by atoms with Crippen LogP contribution >= 0.6 is 0 Å². The Morgan fingerprint density at radius 3 is 2.66 bits per heavy atom. The van der Waals surface area contributed by atoms with Crippen LogP contribution in [0.1, 0.15) is 12.5 Å². The molecular weight excluding hydrogens is 415 g/mol. The average Bonchev–Trinajstić information content (AvgIpc) is 3.18. The van der Waals surface area contributed by atoms with Crippen molar-refractivity contribution in [2.75, 3.05) is 44.3 Å². The standard InChI is InChI=1S/C23H25FN4O4/c1-16(29)25-14-20-15-28(23(30)32-20)19-6-7-21(22(24)12-19)18-4-2-17(3-5-18)13-26-27-8-10-31-11-9-27/h2-7,12-13,20H,8-11,14-15H2,1H3,(H,25,29)/b26-13+. The highest BCUT2D eigenvalue weighted by Crippen LogP contribution is 2.29. The predicted octanol–water partition coefficient (Wildman–Crippen LogP) is 2.62. The first-order valence-corrected chi connectivity index (χ1v) is 10.5. The smallest absolute Gasteiger partial charge is 0.414 e. The van der Waals surface area contributed by atoms with Gasteiger partial charge >= 0.3 is 6.09 Å². The number of hydrazone groups is 1. The van der Waals surface area contributed by atoms with Gasteiger partial charge in [0.05, 0.1) is 51.3 Å². The minimum atomic E-state index is -0.559. The number of cyclic esters (lactones) is 1. The van der Waals surface area contributed by atoms with Crippen LogP contribution in [0.25, 0.3) is 11.1 Å². The topological polar surface area (TPSA) is 83.5 Å². The molecule has 2 amide bonds. The van der Waals surface area contributed by atoms with Crippen molar-refractivity contribution in [1.29, 1.82) is 0 Å². The van der Waals surface area contributed by atoms with Crippen LogP contribution in [0, 0.1) is 5.82 Å². The molecule has 4 rings (SSSR count). The molecule has 2 heterocycles. The first-order valence-electron chi connectivity index (χ1n) is 10.5. The summed E-state index contributed by atoms with van der Waals surface area (Å²) in [4.78, 5) is 24.6. The van der Waals surface area contributed by atoms with Crippen LogP contribution in [0.2, 0.25) is 0 Å². The number of anilines is 1. The molecule has 1 N–H and O–H groups in total. The lowest BCUT2D eigenvalue weighted by atomic mass is 10.0. The number of nitrogens with zero attached hydrogens (tertiary/aromatic N) is 3. The molecule has 9 heteroatoms. The minimum Gasteiger partial charge on any atom is -0.442 e. The Labute approximate surface area is 185 Å². The Morgan fingerprint density at radius 2 is 1.97 bits per heavy atom. The Morgan fingerprint density at radius 1 is 1.22 bits per heavy atom. The summed E-state index contributed by atoms with van der Waals surface area (Å²) in [5.41, 5.74) is 2.50. The molecule has 0 aliphatic carbocycles. The summed E-state index contributed by atoms with van der Waals surface area (Å²) in [7, 11) is 0. The summed E-state index contributed by atoms with van der Waals surface area (Å²) in [5, 5.41) is 9.02. The summed E-state index contributed by atoms with van der Waals surface area (Å²) in [6, 6.07) is 12.1. The van der Waals surface area contributed by atoms with E-state index < -0.39 is 18.0 Å². The quantitative estimate of drug-likeness (QED) is 0.699. The molecule has 2 aromatic carbocycles. The molecular formula is C23H25FN4O4.